The van der Waals surface area contributed by atoms with Crippen LogP contribution in [0.5, 0.6) is 5.75 Å². The second kappa shape index (κ2) is 6.12. The van der Waals surface area contributed by atoms with Crippen molar-refractivity contribution >= 4 is 29.3 Å². The number of ketones is 1. The predicted octanol–water partition coefficient (Wildman–Crippen LogP) is 3.40. The fourth-order valence-electron chi connectivity index (χ4n) is 2.53. The molecule has 0 saturated heterocycles. The molecule has 0 atom stereocenters. The fraction of sp³-hybridized carbons (Fsp3) is 0.105. The summed E-state index contributed by atoms with van der Waals surface area (Å²) < 4.78 is 0. The molecule has 2 aromatic rings. The van der Waals surface area contributed by atoms with E-state index in [-0.39, 0.29) is 23.1 Å². The molecule has 0 fully saturated rings. The summed E-state index contributed by atoms with van der Waals surface area (Å²) in [4.78, 5) is 29.8. The van der Waals surface area contributed by atoms with Crippen LogP contribution in [0.15, 0.2) is 59.2 Å². The van der Waals surface area contributed by atoms with Gasteiger partial charge in [0.05, 0.1) is 5.69 Å². The first-order valence-electron chi connectivity index (χ1n) is 7.48. The molecule has 0 unspecified atom stereocenters. The third-order valence-corrected chi connectivity index (χ3v) is 3.79. The zero-order chi connectivity index (χ0) is 17.3. The Balaban J connectivity index is 1.93. The Labute approximate surface area is 139 Å². The van der Waals surface area contributed by atoms with E-state index in [1.807, 2.05) is 0 Å². The van der Waals surface area contributed by atoms with Gasteiger partial charge in [-0.2, -0.15) is 0 Å². The van der Waals surface area contributed by atoms with Crippen molar-refractivity contribution in [1.82, 2.24) is 0 Å². The number of aromatic hydroxyl groups is 1. The van der Waals surface area contributed by atoms with Crippen molar-refractivity contribution in [2.45, 2.75) is 13.8 Å². The molecule has 0 radical (unpaired) electrons. The fourth-order valence-corrected chi connectivity index (χ4v) is 2.53. The zero-order valence-corrected chi connectivity index (χ0v) is 13.4. The summed E-state index contributed by atoms with van der Waals surface area (Å²) >= 11 is 0. The van der Waals surface area contributed by atoms with Crippen LogP contribution in [-0.4, -0.2) is 22.6 Å². The minimum Gasteiger partial charge on any atom is -0.507 e. The number of hydrogen-bond donors (Lipinski definition) is 1. The van der Waals surface area contributed by atoms with E-state index in [9.17, 15) is 14.7 Å². The van der Waals surface area contributed by atoms with E-state index in [1.54, 1.807) is 61.5 Å². The number of phenolic OH excluding ortho intramolecular Hbond substituents is 1. The number of anilines is 1. The van der Waals surface area contributed by atoms with Gasteiger partial charge in [0.15, 0.2) is 5.78 Å². The van der Waals surface area contributed by atoms with Crippen molar-refractivity contribution in [3.05, 3.63) is 65.4 Å². The largest absolute Gasteiger partial charge is 0.507 e. The van der Waals surface area contributed by atoms with Crippen LogP contribution in [0, 0.1) is 0 Å². The van der Waals surface area contributed by atoms with Crippen LogP contribution in [0.4, 0.5) is 5.69 Å². The number of carbonyl (C=O) groups is 2. The SMILES string of the molecule is CC(=O)c1ccc(N2C(=O)/C(=C\c3ccccc3O)N=C2C)cc1. The molecule has 1 aliphatic rings. The first-order valence-corrected chi connectivity index (χ1v) is 7.48. The summed E-state index contributed by atoms with van der Waals surface area (Å²) in [7, 11) is 0. The summed E-state index contributed by atoms with van der Waals surface area (Å²) in [5, 5.41) is 9.84. The monoisotopic (exact) mass is 320 g/mol. The summed E-state index contributed by atoms with van der Waals surface area (Å²) in [6.07, 6.45) is 1.56. The molecule has 1 aliphatic heterocycles. The van der Waals surface area contributed by atoms with Crippen LogP contribution < -0.4 is 4.90 Å². The van der Waals surface area contributed by atoms with Crippen molar-refractivity contribution in [2.24, 2.45) is 4.99 Å². The van der Waals surface area contributed by atoms with Gasteiger partial charge >= 0.3 is 0 Å². The number of nitrogens with zero attached hydrogens (tertiary/aromatic N) is 2. The van der Waals surface area contributed by atoms with Gasteiger partial charge in [0.2, 0.25) is 0 Å². The number of phenols is 1. The van der Waals surface area contributed by atoms with Crippen LogP contribution in [-0.2, 0) is 4.79 Å². The topological polar surface area (TPSA) is 70.0 Å². The van der Waals surface area contributed by atoms with Gasteiger partial charge in [-0.15, -0.1) is 0 Å². The maximum atomic E-state index is 12.6. The van der Waals surface area contributed by atoms with Gasteiger partial charge in [-0.25, -0.2) is 4.99 Å². The van der Waals surface area contributed by atoms with Crippen LogP contribution in [0.1, 0.15) is 29.8 Å². The quantitative estimate of drug-likeness (QED) is 0.696. The molecular formula is C19H16N2O3. The molecule has 1 heterocycles. The highest BCUT2D eigenvalue weighted by Gasteiger charge is 2.29. The van der Waals surface area contributed by atoms with Gasteiger partial charge in [-0.3, -0.25) is 14.5 Å². The molecule has 3 rings (SSSR count). The predicted molar refractivity (Wildman–Crippen MR) is 93.1 cm³/mol. The number of benzene rings is 2. The highest BCUT2D eigenvalue weighted by Crippen LogP contribution is 2.27. The molecule has 2 aromatic carbocycles. The average Bonchev–Trinajstić information content (AvgIpc) is 2.84. The Hall–Kier alpha value is -3.21. The third kappa shape index (κ3) is 2.84. The second-order valence-electron chi connectivity index (χ2n) is 5.49. The van der Waals surface area contributed by atoms with Crippen LogP contribution >= 0.6 is 0 Å². The summed E-state index contributed by atoms with van der Waals surface area (Å²) in [6, 6.07) is 13.6. The molecule has 0 aromatic heterocycles. The Morgan fingerprint density at radius 1 is 1.12 bits per heavy atom. The van der Waals surface area contributed by atoms with E-state index in [0.29, 0.717) is 22.6 Å². The molecule has 5 heteroatoms. The molecule has 0 bridgehead atoms. The maximum absolute atomic E-state index is 12.6. The minimum atomic E-state index is -0.272. The summed E-state index contributed by atoms with van der Waals surface area (Å²) in [5.41, 5.74) is 2.02. The molecule has 1 amide bonds. The van der Waals surface area contributed by atoms with Gasteiger partial charge in [0.1, 0.15) is 17.3 Å². The molecule has 1 N–H and O–H groups in total. The number of amidine groups is 1. The van der Waals surface area contributed by atoms with Gasteiger partial charge in [-0.1, -0.05) is 18.2 Å². The van der Waals surface area contributed by atoms with Crippen molar-refractivity contribution in [1.29, 1.82) is 0 Å². The lowest BCUT2D eigenvalue weighted by atomic mass is 10.1. The van der Waals surface area contributed by atoms with Crippen LogP contribution in [0.25, 0.3) is 6.08 Å². The molecule has 0 spiro atoms. The van der Waals surface area contributed by atoms with Gasteiger partial charge in [0.25, 0.3) is 5.91 Å². The minimum absolute atomic E-state index is 0.0279. The van der Waals surface area contributed by atoms with Gasteiger partial charge in [0, 0.05) is 11.1 Å². The Morgan fingerprint density at radius 3 is 2.42 bits per heavy atom. The van der Waals surface area contributed by atoms with E-state index in [2.05, 4.69) is 4.99 Å². The van der Waals surface area contributed by atoms with Crippen LogP contribution in [0.3, 0.4) is 0 Å². The van der Waals surface area contributed by atoms with E-state index >= 15 is 0 Å². The number of hydrogen-bond acceptors (Lipinski definition) is 4. The highest BCUT2D eigenvalue weighted by molar-refractivity contribution is 6.28. The van der Waals surface area contributed by atoms with Crippen molar-refractivity contribution in [3.63, 3.8) is 0 Å². The second-order valence-corrected chi connectivity index (χ2v) is 5.49. The van der Waals surface area contributed by atoms with Gasteiger partial charge in [-0.05, 0) is 50.3 Å². The van der Waals surface area contributed by atoms with Crippen LogP contribution in [0.2, 0.25) is 0 Å². The number of aliphatic imine (C=N–C) groups is 1. The lowest BCUT2D eigenvalue weighted by Crippen LogP contribution is -2.30. The Kier molecular flexibility index (Phi) is 4.00. The van der Waals surface area contributed by atoms with Crippen molar-refractivity contribution < 1.29 is 14.7 Å². The standard InChI is InChI=1S/C19H16N2O3/c1-12(22)14-7-9-16(10-8-14)21-13(2)20-17(19(21)24)11-15-5-3-4-6-18(15)23/h3-11,23H,1-2H3/b17-11+. The summed E-state index contributed by atoms with van der Waals surface area (Å²) in [5.74, 6) is 0.332. The number of para-hydroxylation sites is 1. The average molecular weight is 320 g/mol. The maximum Gasteiger partial charge on any atom is 0.282 e. The zero-order valence-electron chi connectivity index (χ0n) is 13.4. The summed E-state index contributed by atoms with van der Waals surface area (Å²) in [6.45, 7) is 3.23. The molecule has 0 saturated carbocycles. The van der Waals surface area contributed by atoms with E-state index in [0.717, 1.165) is 0 Å². The lowest BCUT2D eigenvalue weighted by Gasteiger charge is -2.16. The normalized spacial score (nSPS) is 15.8. The highest BCUT2D eigenvalue weighted by atomic mass is 16.3. The first-order chi connectivity index (χ1) is 11.5. The molecule has 5 nitrogen and oxygen atoms in total. The molecule has 120 valence electrons. The lowest BCUT2D eigenvalue weighted by molar-refractivity contribution is -0.113. The molecule has 0 aliphatic carbocycles. The number of amides is 1. The number of Topliss-reactive ketones (excluding diaryl/α,β-unsaturated/α-hetero) is 1. The number of carbonyl (C=O) groups excluding carboxylic acids is 2. The third-order valence-electron chi connectivity index (χ3n) is 3.79. The number of rotatable bonds is 3. The van der Waals surface area contributed by atoms with Crippen molar-refractivity contribution in [2.75, 3.05) is 4.90 Å². The first kappa shape index (κ1) is 15.7. The van der Waals surface area contributed by atoms with Gasteiger partial charge < -0.3 is 5.11 Å². The van der Waals surface area contributed by atoms with E-state index in [4.69, 9.17) is 0 Å². The smallest absolute Gasteiger partial charge is 0.282 e. The van der Waals surface area contributed by atoms with E-state index < -0.39 is 0 Å². The Morgan fingerprint density at radius 2 is 1.79 bits per heavy atom. The Bertz CT molecular complexity index is 880. The molecule has 24 heavy (non-hydrogen) atoms. The van der Waals surface area contributed by atoms with E-state index in [1.165, 1.54) is 11.8 Å². The molecular weight excluding hydrogens is 304 g/mol. The van der Waals surface area contributed by atoms with Crippen molar-refractivity contribution in [3.8, 4) is 5.75 Å².